The van der Waals surface area contributed by atoms with E-state index in [9.17, 15) is 0 Å². The van der Waals surface area contributed by atoms with Gasteiger partial charge in [0.1, 0.15) is 0 Å². The maximum atomic E-state index is 5.88. The van der Waals surface area contributed by atoms with Crippen molar-refractivity contribution in [3.8, 4) is 0 Å². The molecule has 0 bridgehead atoms. The van der Waals surface area contributed by atoms with Crippen LogP contribution in [0.1, 0.15) is 17.4 Å². The van der Waals surface area contributed by atoms with Crippen LogP contribution in [0.15, 0.2) is 24.3 Å². The molecule has 0 saturated heterocycles. The molecule has 0 aliphatic rings. The van der Waals surface area contributed by atoms with Gasteiger partial charge in [-0.1, -0.05) is 29.8 Å². The van der Waals surface area contributed by atoms with Gasteiger partial charge in [0.2, 0.25) is 0 Å². The summed E-state index contributed by atoms with van der Waals surface area (Å²) in [5.41, 5.74) is 2.32. The van der Waals surface area contributed by atoms with E-state index < -0.39 is 0 Å². The number of hydrogen-bond acceptors (Lipinski definition) is 4. The van der Waals surface area contributed by atoms with E-state index in [1.54, 1.807) is 0 Å². The minimum absolute atomic E-state index is 0.282. The molecule has 0 spiro atoms. The third kappa shape index (κ3) is 7.01. The van der Waals surface area contributed by atoms with Crippen molar-refractivity contribution >= 4 is 0 Å². The standard InChI is InChI=1S/C16H28N2O2/c1-14-6-8-15(9-7-14)16(19-12-10-17(2)3)20-13-11-18(4)5/h6-9,16H,10-13H2,1-5H3. The van der Waals surface area contributed by atoms with E-state index in [2.05, 4.69) is 41.0 Å². The van der Waals surface area contributed by atoms with Crippen LogP contribution in [-0.4, -0.2) is 64.3 Å². The molecule has 1 aromatic carbocycles. The molecule has 0 heterocycles. The molecular formula is C16H28N2O2. The third-order valence-electron chi connectivity index (χ3n) is 2.96. The summed E-state index contributed by atoms with van der Waals surface area (Å²) in [7, 11) is 8.16. The summed E-state index contributed by atoms with van der Waals surface area (Å²) in [6.45, 7) is 5.18. The van der Waals surface area contributed by atoms with Crippen LogP contribution in [0.3, 0.4) is 0 Å². The Balaban J connectivity index is 2.55. The lowest BCUT2D eigenvalue weighted by molar-refractivity contribution is -0.149. The summed E-state index contributed by atoms with van der Waals surface area (Å²) in [4.78, 5) is 4.21. The molecule has 0 radical (unpaired) electrons. The van der Waals surface area contributed by atoms with Crippen molar-refractivity contribution in [2.75, 3.05) is 54.5 Å². The summed E-state index contributed by atoms with van der Waals surface area (Å²) in [6.07, 6.45) is -0.282. The third-order valence-corrected chi connectivity index (χ3v) is 2.96. The summed E-state index contributed by atoms with van der Waals surface area (Å²) < 4.78 is 11.8. The van der Waals surface area contributed by atoms with Crippen LogP contribution in [0.4, 0.5) is 0 Å². The lowest BCUT2D eigenvalue weighted by atomic mass is 10.1. The Hall–Kier alpha value is -0.940. The van der Waals surface area contributed by atoms with Gasteiger partial charge in [-0.05, 0) is 35.1 Å². The van der Waals surface area contributed by atoms with E-state index in [1.807, 2.05) is 28.2 Å². The highest BCUT2D eigenvalue weighted by Crippen LogP contribution is 2.19. The molecule has 0 aliphatic heterocycles. The Labute approximate surface area is 123 Å². The molecule has 1 aromatic rings. The van der Waals surface area contributed by atoms with Gasteiger partial charge < -0.3 is 19.3 Å². The largest absolute Gasteiger partial charge is 0.347 e. The van der Waals surface area contributed by atoms with Crippen molar-refractivity contribution in [1.29, 1.82) is 0 Å². The fourth-order valence-electron chi connectivity index (χ4n) is 1.65. The molecule has 0 aromatic heterocycles. The molecule has 0 saturated carbocycles. The van der Waals surface area contributed by atoms with Crippen molar-refractivity contribution in [2.45, 2.75) is 13.2 Å². The fourth-order valence-corrected chi connectivity index (χ4v) is 1.65. The first-order chi connectivity index (χ1) is 9.49. The van der Waals surface area contributed by atoms with Crippen molar-refractivity contribution in [3.63, 3.8) is 0 Å². The van der Waals surface area contributed by atoms with Crippen LogP contribution in [0.5, 0.6) is 0 Å². The van der Waals surface area contributed by atoms with Crippen molar-refractivity contribution in [3.05, 3.63) is 35.4 Å². The minimum atomic E-state index is -0.282. The molecule has 4 nitrogen and oxygen atoms in total. The zero-order valence-corrected chi connectivity index (χ0v) is 13.4. The molecular weight excluding hydrogens is 252 g/mol. The number of rotatable bonds is 9. The zero-order chi connectivity index (χ0) is 15.0. The van der Waals surface area contributed by atoms with Gasteiger partial charge in [0.05, 0.1) is 13.2 Å². The van der Waals surface area contributed by atoms with Gasteiger partial charge in [-0.3, -0.25) is 0 Å². The maximum absolute atomic E-state index is 5.88. The predicted molar refractivity (Wildman–Crippen MR) is 82.9 cm³/mol. The van der Waals surface area contributed by atoms with Crippen molar-refractivity contribution in [1.82, 2.24) is 9.80 Å². The first-order valence-electron chi connectivity index (χ1n) is 7.08. The molecule has 114 valence electrons. The van der Waals surface area contributed by atoms with Gasteiger partial charge in [-0.25, -0.2) is 0 Å². The molecule has 0 atom stereocenters. The van der Waals surface area contributed by atoms with Gasteiger partial charge in [-0.2, -0.15) is 0 Å². The Morgan fingerprint density at radius 1 is 0.850 bits per heavy atom. The fraction of sp³-hybridized carbons (Fsp3) is 0.625. The van der Waals surface area contributed by atoms with E-state index in [0.717, 1.165) is 18.7 Å². The highest BCUT2D eigenvalue weighted by atomic mass is 16.7. The molecule has 0 unspecified atom stereocenters. The molecule has 20 heavy (non-hydrogen) atoms. The number of hydrogen-bond donors (Lipinski definition) is 0. The van der Waals surface area contributed by atoms with Crippen LogP contribution >= 0.6 is 0 Å². The first kappa shape index (κ1) is 17.1. The average Bonchev–Trinajstić information content (AvgIpc) is 2.37. The van der Waals surface area contributed by atoms with Crippen molar-refractivity contribution in [2.24, 2.45) is 0 Å². The normalized spacial score (nSPS) is 11.8. The van der Waals surface area contributed by atoms with E-state index in [-0.39, 0.29) is 6.29 Å². The average molecular weight is 280 g/mol. The zero-order valence-electron chi connectivity index (χ0n) is 13.4. The SMILES string of the molecule is Cc1ccc(C(OCCN(C)C)OCCN(C)C)cc1. The lowest BCUT2D eigenvalue weighted by Gasteiger charge is -2.21. The van der Waals surface area contributed by atoms with E-state index in [1.165, 1.54) is 5.56 Å². The second kappa shape index (κ2) is 9.08. The van der Waals surface area contributed by atoms with Crippen LogP contribution in [0.2, 0.25) is 0 Å². The summed E-state index contributed by atoms with van der Waals surface area (Å²) in [5.74, 6) is 0. The maximum Gasteiger partial charge on any atom is 0.183 e. The van der Waals surface area contributed by atoms with E-state index in [0.29, 0.717) is 13.2 Å². The number of benzene rings is 1. The monoisotopic (exact) mass is 280 g/mol. The molecule has 1 rings (SSSR count). The molecule has 0 N–H and O–H groups in total. The lowest BCUT2D eigenvalue weighted by Crippen LogP contribution is -2.23. The number of aryl methyl sites for hydroxylation is 1. The van der Waals surface area contributed by atoms with Crippen LogP contribution in [-0.2, 0) is 9.47 Å². The van der Waals surface area contributed by atoms with Gasteiger partial charge in [-0.15, -0.1) is 0 Å². The Morgan fingerprint density at radius 2 is 1.30 bits per heavy atom. The smallest absolute Gasteiger partial charge is 0.183 e. The topological polar surface area (TPSA) is 24.9 Å². The quantitative estimate of drug-likeness (QED) is 0.647. The Bertz CT molecular complexity index is 349. The summed E-state index contributed by atoms with van der Waals surface area (Å²) in [6, 6.07) is 8.33. The summed E-state index contributed by atoms with van der Waals surface area (Å²) >= 11 is 0. The minimum Gasteiger partial charge on any atom is -0.347 e. The Morgan fingerprint density at radius 3 is 1.70 bits per heavy atom. The second-order valence-electron chi connectivity index (χ2n) is 5.59. The highest BCUT2D eigenvalue weighted by Gasteiger charge is 2.12. The van der Waals surface area contributed by atoms with Gasteiger partial charge in [0.25, 0.3) is 0 Å². The second-order valence-corrected chi connectivity index (χ2v) is 5.59. The highest BCUT2D eigenvalue weighted by molar-refractivity contribution is 5.22. The van der Waals surface area contributed by atoms with Gasteiger partial charge in [0.15, 0.2) is 6.29 Å². The van der Waals surface area contributed by atoms with Gasteiger partial charge >= 0.3 is 0 Å². The van der Waals surface area contributed by atoms with Crippen LogP contribution in [0.25, 0.3) is 0 Å². The molecule has 0 amide bonds. The van der Waals surface area contributed by atoms with E-state index in [4.69, 9.17) is 9.47 Å². The number of nitrogens with zero attached hydrogens (tertiary/aromatic N) is 2. The number of ether oxygens (including phenoxy) is 2. The first-order valence-corrected chi connectivity index (χ1v) is 7.08. The molecule has 0 fully saturated rings. The van der Waals surface area contributed by atoms with Crippen molar-refractivity contribution < 1.29 is 9.47 Å². The molecule has 0 aliphatic carbocycles. The Kier molecular flexibility index (Phi) is 7.77. The molecule has 4 heteroatoms. The van der Waals surface area contributed by atoms with Crippen LogP contribution < -0.4 is 0 Å². The summed E-state index contributed by atoms with van der Waals surface area (Å²) in [5, 5.41) is 0. The van der Waals surface area contributed by atoms with Crippen LogP contribution in [0, 0.1) is 6.92 Å². The van der Waals surface area contributed by atoms with Gasteiger partial charge in [0, 0.05) is 18.7 Å². The predicted octanol–water partition coefficient (Wildman–Crippen LogP) is 2.15. The van der Waals surface area contributed by atoms with E-state index >= 15 is 0 Å². The number of likely N-dealkylation sites (N-methyl/N-ethyl adjacent to an activating group) is 2.